The fourth-order valence-electron chi connectivity index (χ4n) is 1.96. The van der Waals surface area contributed by atoms with Gasteiger partial charge in [-0.3, -0.25) is 4.79 Å². The molecule has 1 aromatic heterocycles. The van der Waals surface area contributed by atoms with Gasteiger partial charge in [0.1, 0.15) is 4.88 Å². The number of carbonyl (C=O) groups is 1. The Morgan fingerprint density at radius 2 is 2.20 bits per heavy atom. The smallest absolute Gasteiger partial charge is 0.269 e. The van der Waals surface area contributed by atoms with E-state index in [4.69, 9.17) is 5.73 Å². The molecule has 1 heterocycles. The summed E-state index contributed by atoms with van der Waals surface area (Å²) >= 11 is 1.12. The second kappa shape index (κ2) is 6.47. The van der Waals surface area contributed by atoms with Crippen molar-refractivity contribution < 1.29 is 4.79 Å². The van der Waals surface area contributed by atoms with Crippen LogP contribution in [-0.4, -0.2) is 15.5 Å². The first-order valence-electron chi connectivity index (χ1n) is 6.66. The number of hydrogen-bond donors (Lipinski definition) is 2. The maximum absolute atomic E-state index is 12.2. The Labute approximate surface area is 122 Å². The highest BCUT2D eigenvalue weighted by molar-refractivity contribution is 7.08. The fourth-order valence-corrected chi connectivity index (χ4v) is 2.57. The predicted molar refractivity (Wildman–Crippen MR) is 82.1 cm³/mol. The number of nitrogen functional groups attached to an aromatic ring is 1. The third kappa shape index (κ3) is 3.14. The molecule has 0 saturated heterocycles. The average Bonchev–Trinajstić information content (AvgIpc) is 2.88. The zero-order valence-corrected chi connectivity index (χ0v) is 12.5. The molecule has 0 atom stereocenters. The molecule has 20 heavy (non-hydrogen) atoms. The van der Waals surface area contributed by atoms with E-state index in [1.165, 1.54) is 0 Å². The van der Waals surface area contributed by atoms with Gasteiger partial charge in [0.05, 0.1) is 5.69 Å². The third-order valence-corrected chi connectivity index (χ3v) is 3.80. The van der Waals surface area contributed by atoms with E-state index in [2.05, 4.69) is 14.9 Å². The van der Waals surface area contributed by atoms with Crippen LogP contribution >= 0.6 is 11.5 Å². The van der Waals surface area contributed by atoms with Gasteiger partial charge in [-0.15, -0.1) is 5.10 Å². The summed E-state index contributed by atoms with van der Waals surface area (Å²) < 4.78 is 3.85. The molecule has 106 valence electrons. The Bertz CT molecular complexity index is 609. The molecule has 6 heteroatoms. The van der Waals surface area contributed by atoms with E-state index in [1.807, 2.05) is 26.0 Å². The van der Waals surface area contributed by atoms with Gasteiger partial charge >= 0.3 is 0 Å². The number of nitrogens with zero attached hydrogens (tertiary/aromatic N) is 2. The van der Waals surface area contributed by atoms with Crippen molar-refractivity contribution in [3.05, 3.63) is 34.3 Å². The number of carbonyl (C=O) groups excluding carboxylic acids is 1. The molecule has 0 aliphatic rings. The van der Waals surface area contributed by atoms with Gasteiger partial charge in [0, 0.05) is 11.4 Å². The van der Waals surface area contributed by atoms with Crippen molar-refractivity contribution in [3.8, 4) is 0 Å². The summed E-state index contributed by atoms with van der Waals surface area (Å²) in [7, 11) is 0. The SMILES string of the molecule is CCCc1nnsc1C(=O)Nc1ccc(CC)c(N)c1. The van der Waals surface area contributed by atoms with Gasteiger partial charge in [0.2, 0.25) is 0 Å². The molecule has 0 unspecified atom stereocenters. The standard InChI is InChI=1S/C14H18N4OS/c1-3-5-12-13(20-18-17-12)14(19)16-10-7-6-9(4-2)11(15)8-10/h6-8H,3-5,15H2,1-2H3,(H,16,19). The van der Waals surface area contributed by atoms with E-state index in [9.17, 15) is 4.79 Å². The quantitative estimate of drug-likeness (QED) is 0.830. The lowest BCUT2D eigenvalue weighted by Gasteiger charge is -2.08. The van der Waals surface area contributed by atoms with E-state index in [0.717, 1.165) is 42.1 Å². The Kier molecular flexibility index (Phi) is 4.68. The van der Waals surface area contributed by atoms with Crippen LogP contribution in [0.4, 0.5) is 11.4 Å². The number of nitrogens with two attached hydrogens (primary N) is 1. The van der Waals surface area contributed by atoms with E-state index in [1.54, 1.807) is 6.07 Å². The summed E-state index contributed by atoms with van der Waals surface area (Å²) in [6.07, 6.45) is 2.57. The maximum atomic E-state index is 12.2. The molecule has 0 spiro atoms. The van der Waals surface area contributed by atoms with Crippen LogP contribution in [0.15, 0.2) is 18.2 Å². The van der Waals surface area contributed by atoms with Crippen LogP contribution in [0.5, 0.6) is 0 Å². The Balaban J connectivity index is 2.15. The minimum atomic E-state index is -0.174. The normalized spacial score (nSPS) is 10.5. The number of rotatable bonds is 5. The number of benzene rings is 1. The largest absolute Gasteiger partial charge is 0.398 e. The second-order valence-corrected chi connectivity index (χ2v) is 5.27. The lowest BCUT2D eigenvalue weighted by Crippen LogP contribution is -2.13. The van der Waals surface area contributed by atoms with E-state index < -0.39 is 0 Å². The number of anilines is 2. The molecular weight excluding hydrogens is 272 g/mol. The lowest BCUT2D eigenvalue weighted by molar-refractivity contribution is 0.102. The van der Waals surface area contributed by atoms with Crippen molar-refractivity contribution in [3.63, 3.8) is 0 Å². The summed E-state index contributed by atoms with van der Waals surface area (Å²) in [4.78, 5) is 12.8. The Morgan fingerprint density at radius 3 is 2.85 bits per heavy atom. The summed E-state index contributed by atoms with van der Waals surface area (Å²) in [5.74, 6) is -0.174. The van der Waals surface area contributed by atoms with E-state index >= 15 is 0 Å². The first-order chi connectivity index (χ1) is 9.65. The van der Waals surface area contributed by atoms with Gasteiger partial charge in [-0.25, -0.2) is 0 Å². The number of aryl methyl sites for hydroxylation is 2. The van der Waals surface area contributed by atoms with Crippen LogP contribution in [0.25, 0.3) is 0 Å². The highest BCUT2D eigenvalue weighted by atomic mass is 32.1. The Hall–Kier alpha value is -1.95. The molecule has 0 fully saturated rings. The van der Waals surface area contributed by atoms with Crippen molar-refractivity contribution in [1.82, 2.24) is 9.59 Å². The zero-order valence-electron chi connectivity index (χ0n) is 11.6. The van der Waals surface area contributed by atoms with E-state index in [-0.39, 0.29) is 5.91 Å². The minimum Gasteiger partial charge on any atom is -0.398 e. The molecule has 2 rings (SSSR count). The van der Waals surface area contributed by atoms with Crippen molar-refractivity contribution in [2.75, 3.05) is 11.1 Å². The molecule has 1 amide bonds. The second-order valence-electron chi connectivity index (χ2n) is 4.52. The first-order valence-corrected chi connectivity index (χ1v) is 7.44. The molecule has 1 aromatic carbocycles. The van der Waals surface area contributed by atoms with Crippen LogP contribution in [0.1, 0.15) is 41.2 Å². The van der Waals surface area contributed by atoms with Crippen LogP contribution < -0.4 is 11.1 Å². The van der Waals surface area contributed by atoms with Gasteiger partial charge in [-0.05, 0) is 42.1 Å². The van der Waals surface area contributed by atoms with Gasteiger partial charge in [0.15, 0.2) is 0 Å². The highest BCUT2D eigenvalue weighted by Gasteiger charge is 2.16. The highest BCUT2D eigenvalue weighted by Crippen LogP contribution is 2.20. The minimum absolute atomic E-state index is 0.174. The molecule has 2 aromatic rings. The van der Waals surface area contributed by atoms with Crippen LogP contribution in [-0.2, 0) is 12.8 Å². The van der Waals surface area contributed by atoms with Gasteiger partial charge in [-0.2, -0.15) is 0 Å². The molecule has 3 N–H and O–H groups in total. The zero-order chi connectivity index (χ0) is 14.5. The van der Waals surface area contributed by atoms with E-state index in [0.29, 0.717) is 16.3 Å². The number of hydrogen-bond acceptors (Lipinski definition) is 5. The summed E-state index contributed by atoms with van der Waals surface area (Å²) in [5.41, 5.74) is 9.16. The first kappa shape index (κ1) is 14.5. The topological polar surface area (TPSA) is 80.9 Å². The molecule has 0 bridgehead atoms. The van der Waals surface area contributed by atoms with Gasteiger partial charge in [0.25, 0.3) is 5.91 Å². The summed E-state index contributed by atoms with van der Waals surface area (Å²) in [5, 5.41) is 6.84. The molecule has 0 radical (unpaired) electrons. The predicted octanol–water partition coefficient (Wildman–Crippen LogP) is 2.89. The molecular formula is C14H18N4OS. The van der Waals surface area contributed by atoms with Crippen LogP contribution in [0, 0.1) is 0 Å². The van der Waals surface area contributed by atoms with Crippen molar-refractivity contribution in [2.24, 2.45) is 0 Å². The van der Waals surface area contributed by atoms with Crippen LogP contribution in [0.2, 0.25) is 0 Å². The molecule has 0 aliphatic heterocycles. The number of nitrogens with one attached hydrogen (secondary N) is 1. The Morgan fingerprint density at radius 1 is 1.40 bits per heavy atom. The average molecular weight is 290 g/mol. The summed E-state index contributed by atoms with van der Waals surface area (Å²) in [6, 6.07) is 5.58. The molecule has 5 nitrogen and oxygen atoms in total. The monoisotopic (exact) mass is 290 g/mol. The van der Waals surface area contributed by atoms with Crippen molar-refractivity contribution in [1.29, 1.82) is 0 Å². The lowest BCUT2D eigenvalue weighted by atomic mass is 10.1. The molecule has 0 aliphatic carbocycles. The third-order valence-electron chi connectivity index (χ3n) is 3.03. The molecule has 0 saturated carbocycles. The van der Waals surface area contributed by atoms with Crippen molar-refractivity contribution in [2.45, 2.75) is 33.1 Å². The van der Waals surface area contributed by atoms with Gasteiger partial charge < -0.3 is 11.1 Å². The van der Waals surface area contributed by atoms with Gasteiger partial charge in [-0.1, -0.05) is 30.8 Å². The summed E-state index contributed by atoms with van der Waals surface area (Å²) in [6.45, 7) is 4.09. The maximum Gasteiger partial charge on any atom is 0.269 e. The number of aromatic nitrogens is 2. The number of amides is 1. The van der Waals surface area contributed by atoms with Crippen LogP contribution in [0.3, 0.4) is 0 Å². The fraction of sp³-hybridized carbons (Fsp3) is 0.357. The van der Waals surface area contributed by atoms with Crippen molar-refractivity contribution >= 4 is 28.8 Å².